The number of benzene rings is 2. The Bertz CT molecular complexity index is 487. The molecule has 2 aromatic rings. The minimum absolute atomic E-state index is 0.0982. The highest BCUT2D eigenvalue weighted by Gasteiger charge is 2.29. The molecule has 14 heavy (non-hydrogen) atoms. The second-order valence-corrected chi connectivity index (χ2v) is 3.54. The van der Waals surface area contributed by atoms with Gasteiger partial charge in [-0.1, -0.05) is 30.3 Å². The molecule has 1 aliphatic heterocycles. The molecule has 3 rings (SSSR count). The number of fused-ring (bicyclic) bond motifs is 1. The number of phenols is 1. The fraction of sp³-hybridized carbons (Fsp3) is 0.167. The monoisotopic (exact) mass is 186 g/mol. The van der Waals surface area contributed by atoms with Crippen LogP contribution in [-0.2, 0) is 4.74 Å². The van der Waals surface area contributed by atoms with Gasteiger partial charge in [-0.2, -0.15) is 0 Å². The fourth-order valence-corrected chi connectivity index (χ4v) is 1.84. The zero-order chi connectivity index (χ0) is 9.54. The van der Waals surface area contributed by atoms with Crippen molar-refractivity contribution in [2.24, 2.45) is 0 Å². The van der Waals surface area contributed by atoms with Gasteiger partial charge in [0.1, 0.15) is 11.9 Å². The van der Waals surface area contributed by atoms with E-state index >= 15 is 0 Å². The van der Waals surface area contributed by atoms with Gasteiger partial charge in [0.25, 0.3) is 0 Å². The van der Waals surface area contributed by atoms with E-state index in [4.69, 9.17) is 4.74 Å². The van der Waals surface area contributed by atoms with E-state index in [0.29, 0.717) is 5.75 Å². The van der Waals surface area contributed by atoms with E-state index in [2.05, 4.69) is 0 Å². The van der Waals surface area contributed by atoms with E-state index in [1.54, 1.807) is 6.07 Å². The van der Waals surface area contributed by atoms with E-state index in [1.807, 2.05) is 30.3 Å². The van der Waals surface area contributed by atoms with Gasteiger partial charge in [-0.3, -0.25) is 0 Å². The molecule has 1 fully saturated rings. The molecule has 1 saturated heterocycles. The number of epoxide rings is 1. The predicted octanol–water partition coefficient (Wildman–Crippen LogP) is 2.62. The molecule has 0 bridgehead atoms. The van der Waals surface area contributed by atoms with E-state index in [-0.39, 0.29) is 6.10 Å². The summed E-state index contributed by atoms with van der Waals surface area (Å²) >= 11 is 0. The predicted molar refractivity (Wildman–Crippen MR) is 54.3 cm³/mol. The van der Waals surface area contributed by atoms with Gasteiger partial charge in [-0.15, -0.1) is 0 Å². The zero-order valence-corrected chi connectivity index (χ0v) is 7.60. The quantitative estimate of drug-likeness (QED) is 0.694. The number of aromatic hydroxyl groups is 1. The second-order valence-electron chi connectivity index (χ2n) is 3.54. The maximum atomic E-state index is 9.74. The van der Waals surface area contributed by atoms with Gasteiger partial charge in [0.15, 0.2) is 0 Å². The molecule has 1 atom stereocenters. The Morgan fingerprint density at radius 3 is 2.71 bits per heavy atom. The summed E-state index contributed by atoms with van der Waals surface area (Å²) in [6.45, 7) is 0.724. The molecule has 0 radical (unpaired) electrons. The molecule has 1 unspecified atom stereocenters. The van der Waals surface area contributed by atoms with Gasteiger partial charge in [0.2, 0.25) is 0 Å². The first kappa shape index (κ1) is 7.83. The third-order valence-corrected chi connectivity index (χ3v) is 2.60. The Labute approximate surface area is 81.7 Å². The highest BCUT2D eigenvalue weighted by Crippen LogP contribution is 2.40. The van der Waals surface area contributed by atoms with Crippen molar-refractivity contribution in [3.05, 3.63) is 42.0 Å². The smallest absolute Gasteiger partial charge is 0.122 e. The second kappa shape index (κ2) is 2.72. The molecule has 1 aliphatic rings. The molecule has 0 amide bonds. The number of rotatable bonds is 1. The highest BCUT2D eigenvalue weighted by molar-refractivity contribution is 5.88. The van der Waals surface area contributed by atoms with Crippen molar-refractivity contribution in [2.45, 2.75) is 6.10 Å². The maximum absolute atomic E-state index is 9.74. The van der Waals surface area contributed by atoms with Crippen LogP contribution in [0, 0.1) is 0 Å². The third kappa shape index (κ3) is 1.08. The minimum atomic E-state index is 0.0982. The van der Waals surface area contributed by atoms with Gasteiger partial charge in [-0.25, -0.2) is 0 Å². The summed E-state index contributed by atoms with van der Waals surface area (Å²) in [5.74, 6) is 0.339. The van der Waals surface area contributed by atoms with Crippen molar-refractivity contribution in [3.8, 4) is 5.75 Å². The van der Waals surface area contributed by atoms with Crippen molar-refractivity contribution in [1.29, 1.82) is 0 Å². The minimum Gasteiger partial charge on any atom is -0.508 e. The van der Waals surface area contributed by atoms with Crippen LogP contribution in [0.2, 0.25) is 0 Å². The van der Waals surface area contributed by atoms with Gasteiger partial charge < -0.3 is 9.84 Å². The third-order valence-electron chi connectivity index (χ3n) is 2.60. The lowest BCUT2D eigenvalue weighted by atomic mass is 10.0. The first-order valence-electron chi connectivity index (χ1n) is 4.68. The normalized spacial score (nSPS) is 19.9. The first-order valence-corrected chi connectivity index (χ1v) is 4.68. The summed E-state index contributed by atoms with van der Waals surface area (Å²) in [6.07, 6.45) is 0.0982. The molecule has 1 heterocycles. The summed E-state index contributed by atoms with van der Waals surface area (Å²) in [5.41, 5.74) is 0.933. The van der Waals surface area contributed by atoms with E-state index in [1.165, 1.54) is 0 Å². The van der Waals surface area contributed by atoms with E-state index < -0.39 is 0 Å². The average molecular weight is 186 g/mol. The first-order chi connectivity index (χ1) is 6.86. The molecule has 2 heteroatoms. The molecule has 0 spiro atoms. The van der Waals surface area contributed by atoms with Gasteiger partial charge >= 0.3 is 0 Å². The van der Waals surface area contributed by atoms with Crippen molar-refractivity contribution in [1.82, 2.24) is 0 Å². The lowest BCUT2D eigenvalue weighted by Gasteiger charge is -2.05. The molecule has 2 nitrogen and oxygen atoms in total. The number of phenolic OH excluding ortho intramolecular Hbond substituents is 1. The van der Waals surface area contributed by atoms with Crippen molar-refractivity contribution < 1.29 is 9.84 Å². The Kier molecular flexibility index (Phi) is 1.52. The molecule has 0 saturated carbocycles. The van der Waals surface area contributed by atoms with Crippen LogP contribution in [0.15, 0.2) is 36.4 Å². The SMILES string of the molecule is Oc1ccc2ccccc2c1C1CO1. The summed E-state index contributed by atoms with van der Waals surface area (Å²) in [5, 5.41) is 12.0. The lowest BCUT2D eigenvalue weighted by molar-refractivity contribution is 0.402. The molecular weight excluding hydrogens is 176 g/mol. The average Bonchev–Trinajstić information content (AvgIpc) is 3.01. The molecule has 2 aromatic carbocycles. The highest BCUT2D eigenvalue weighted by atomic mass is 16.6. The number of hydrogen-bond acceptors (Lipinski definition) is 2. The van der Waals surface area contributed by atoms with Crippen molar-refractivity contribution in [2.75, 3.05) is 6.61 Å². The standard InChI is InChI=1S/C12H10O2/c13-10-6-5-8-3-1-2-4-9(8)12(10)11-7-14-11/h1-6,11,13H,7H2. The van der Waals surface area contributed by atoms with Crippen LogP contribution in [0.1, 0.15) is 11.7 Å². The van der Waals surface area contributed by atoms with Gasteiger partial charge in [-0.05, 0) is 16.8 Å². The van der Waals surface area contributed by atoms with Crippen LogP contribution in [0.25, 0.3) is 10.8 Å². The van der Waals surface area contributed by atoms with E-state index in [0.717, 1.165) is 22.9 Å². The van der Waals surface area contributed by atoms with Crippen molar-refractivity contribution in [3.63, 3.8) is 0 Å². The summed E-state index contributed by atoms with van der Waals surface area (Å²) in [6, 6.07) is 11.7. The lowest BCUT2D eigenvalue weighted by Crippen LogP contribution is -1.85. The summed E-state index contributed by atoms with van der Waals surface area (Å²) in [4.78, 5) is 0. The Hall–Kier alpha value is -1.54. The number of ether oxygens (including phenoxy) is 1. The van der Waals surface area contributed by atoms with Gasteiger partial charge in [0.05, 0.1) is 6.61 Å². The van der Waals surface area contributed by atoms with Crippen LogP contribution >= 0.6 is 0 Å². The molecule has 70 valence electrons. The zero-order valence-electron chi connectivity index (χ0n) is 7.60. The van der Waals surface area contributed by atoms with Crippen LogP contribution in [0.3, 0.4) is 0 Å². The molecular formula is C12H10O2. The molecule has 0 aliphatic carbocycles. The van der Waals surface area contributed by atoms with E-state index in [9.17, 15) is 5.11 Å². The largest absolute Gasteiger partial charge is 0.508 e. The Morgan fingerprint density at radius 1 is 1.14 bits per heavy atom. The topological polar surface area (TPSA) is 32.8 Å². The van der Waals surface area contributed by atoms with Gasteiger partial charge in [0, 0.05) is 5.56 Å². The number of hydrogen-bond donors (Lipinski definition) is 1. The summed E-state index contributed by atoms with van der Waals surface area (Å²) in [7, 11) is 0. The van der Waals surface area contributed by atoms with Crippen LogP contribution < -0.4 is 0 Å². The Morgan fingerprint density at radius 2 is 1.93 bits per heavy atom. The van der Waals surface area contributed by atoms with Crippen LogP contribution in [-0.4, -0.2) is 11.7 Å². The van der Waals surface area contributed by atoms with Crippen molar-refractivity contribution >= 4 is 10.8 Å². The summed E-state index contributed by atoms with van der Waals surface area (Å²) < 4.78 is 5.22. The fourth-order valence-electron chi connectivity index (χ4n) is 1.84. The molecule has 0 aromatic heterocycles. The molecule has 1 N–H and O–H groups in total. The van der Waals surface area contributed by atoms with Crippen LogP contribution in [0.5, 0.6) is 5.75 Å². The van der Waals surface area contributed by atoms with Crippen LogP contribution in [0.4, 0.5) is 0 Å². The maximum Gasteiger partial charge on any atom is 0.122 e. The Balaban J connectivity index is 2.37.